The predicted molar refractivity (Wildman–Crippen MR) is 80.9 cm³/mol. The lowest BCUT2D eigenvalue weighted by Crippen LogP contribution is -2.32. The van der Waals surface area contributed by atoms with E-state index in [0.29, 0.717) is 11.1 Å². The maximum absolute atomic E-state index is 10.7. The first kappa shape index (κ1) is 16.1. The molecular weight excluding hydrogens is 292 g/mol. The summed E-state index contributed by atoms with van der Waals surface area (Å²) in [6.45, 7) is 5.26. The number of thioether (sulfide) groups is 1. The first-order valence-corrected chi connectivity index (χ1v) is 8.17. The summed E-state index contributed by atoms with van der Waals surface area (Å²) >= 11 is 1.20. The number of aliphatic carboxylic acids is 1. The van der Waals surface area contributed by atoms with Gasteiger partial charge in [-0.3, -0.25) is 9.36 Å². The van der Waals surface area contributed by atoms with Crippen LogP contribution in [0.4, 0.5) is 5.95 Å². The lowest BCUT2D eigenvalue weighted by molar-refractivity contribution is -0.133. The molecule has 1 aliphatic heterocycles. The quantitative estimate of drug-likeness (QED) is 0.761. The molecule has 0 radical (unpaired) electrons. The number of ether oxygens (including phenoxy) is 1. The molecule has 1 aromatic heterocycles. The van der Waals surface area contributed by atoms with Gasteiger partial charge in [-0.15, -0.1) is 10.2 Å². The van der Waals surface area contributed by atoms with E-state index in [-0.39, 0.29) is 5.75 Å². The van der Waals surface area contributed by atoms with Crippen LogP contribution in [0, 0.1) is 5.92 Å². The maximum Gasteiger partial charge on any atom is 0.313 e. The molecule has 118 valence electrons. The Kier molecular flexibility index (Phi) is 5.86. The molecule has 2 heterocycles. The van der Waals surface area contributed by atoms with Crippen molar-refractivity contribution in [2.45, 2.75) is 31.5 Å². The highest BCUT2D eigenvalue weighted by Crippen LogP contribution is 2.23. The fraction of sp³-hybridized carbons (Fsp3) is 0.769. The molecule has 0 saturated carbocycles. The molecule has 21 heavy (non-hydrogen) atoms. The summed E-state index contributed by atoms with van der Waals surface area (Å²) in [4.78, 5) is 12.8. The number of nitrogens with zero attached hydrogens (tertiary/aromatic N) is 4. The van der Waals surface area contributed by atoms with Crippen LogP contribution in [0.25, 0.3) is 0 Å². The number of hydrogen-bond donors (Lipinski definition) is 1. The van der Waals surface area contributed by atoms with E-state index in [4.69, 9.17) is 9.84 Å². The number of anilines is 1. The van der Waals surface area contributed by atoms with E-state index >= 15 is 0 Å². The molecule has 0 aromatic carbocycles. The summed E-state index contributed by atoms with van der Waals surface area (Å²) in [5.74, 6) is 0.454. The van der Waals surface area contributed by atoms with E-state index in [1.165, 1.54) is 18.2 Å². The normalized spacial score (nSPS) is 18.7. The van der Waals surface area contributed by atoms with Gasteiger partial charge >= 0.3 is 5.97 Å². The van der Waals surface area contributed by atoms with Crippen molar-refractivity contribution in [3.05, 3.63) is 0 Å². The standard InChI is InChI=1S/C13H22N4O3S/c1-3-17-12(14-15-13(17)21-9-11(18)19)16(2)7-10-5-4-6-20-8-10/h10H,3-9H2,1-2H3,(H,18,19). The molecule has 0 bridgehead atoms. The van der Waals surface area contributed by atoms with E-state index in [1.807, 2.05) is 18.5 Å². The Morgan fingerprint density at radius 2 is 2.38 bits per heavy atom. The summed E-state index contributed by atoms with van der Waals surface area (Å²) in [5, 5.41) is 17.7. The van der Waals surface area contributed by atoms with E-state index < -0.39 is 5.97 Å². The van der Waals surface area contributed by atoms with Crippen LogP contribution in [-0.2, 0) is 16.1 Å². The second kappa shape index (κ2) is 7.65. The number of hydrogen-bond acceptors (Lipinski definition) is 6. The third-order valence-electron chi connectivity index (χ3n) is 3.47. The first-order valence-electron chi connectivity index (χ1n) is 7.18. The second-order valence-corrected chi connectivity index (χ2v) is 6.12. The molecule has 0 aliphatic carbocycles. The molecule has 1 aliphatic rings. The molecule has 1 saturated heterocycles. The molecule has 1 N–H and O–H groups in total. The maximum atomic E-state index is 10.7. The molecule has 0 amide bonds. The minimum Gasteiger partial charge on any atom is -0.481 e. The molecule has 1 unspecified atom stereocenters. The average Bonchev–Trinajstić information content (AvgIpc) is 2.89. The van der Waals surface area contributed by atoms with E-state index in [9.17, 15) is 4.79 Å². The Morgan fingerprint density at radius 3 is 3.00 bits per heavy atom. The molecule has 1 aromatic rings. The Hall–Kier alpha value is -1.28. The Bertz CT molecular complexity index is 474. The van der Waals surface area contributed by atoms with Gasteiger partial charge < -0.3 is 14.7 Å². The summed E-state index contributed by atoms with van der Waals surface area (Å²) < 4.78 is 7.46. The minimum absolute atomic E-state index is 0.00167. The summed E-state index contributed by atoms with van der Waals surface area (Å²) in [5.41, 5.74) is 0. The van der Waals surface area contributed by atoms with Crippen molar-refractivity contribution in [3.63, 3.8) is 0 Å². The van der Waals surface area contributed by atoms with Gasteiger partial charge in [0.15, 0.2) is 5.16 Å². The number of carboxylic acid groups (broad SMARTS) is 1. The molecule has 7 nitrogen and oxygen atoms in total. The van der Waals surface area contributed by atoms with Crippen molar-refractivity contribution in [2.24, 2.45) is 5.92 Å². The largest absolute Gasteiger partial charge is 0.481 e. The Morgan fingerprint density at radius 1 is 1.57 bits per heavy atom. The molecule has 1 fully saturated rings. The lowest BCUT2D eigenvalue weighted by Gasteiger charge is -2.27. The molecule has 1 atom stereocenters. The number of carbonyl (C=O) groups is 1. The zero-order valence-electron chi connectivity index (χ0n) is 12.5. The minimum atomic E-state index is -0.847. The summed E-state index contributed by atoms with van der Waals surface area (Å²) in [7, 11) is 2.00. The number of rotatable bonds is 7. The van der Waals surface area contributed by atoms with E-state index in [1.54, 1.807) is 0 Å². The van der Waals surface area contributed by atoms with Crippen LogP contribution >= 0.6 is 11.8 Å². The van der Waals surface area contributed by atoms with Crippen LogP contribution < -0.4 is 4.90 Å². The van der Waals surface area contributed by atoms with Gasteiger partial charge in [0, 0.05) is 26.7 Å². The fourth-order valence-corrected chi connectivity index (χ4v) is 3.21. The van der Waals surface area contributed by atoms with Crippen LogP contribution in [-0.4, -0.2) is 58.4 Å². The highest BCUT2D eigenvalue weighted by Gasteiger charge is 2.20. The monoisotopic (exact) mass is 314 g/mol. The van der Waals surface area contributed by atoms with Crippen molar-refractivity contribution in [1.29, 1.82) is 0 Å². The van der Waals surface area contributed by atoms with Crippen molar-refractivity contribution in [3.8, 4) is 0 Å². The van der Waals surface area contributed by atoms with Gasteiger partial charge in [-0.2, -0.15) is 0 Å². The smallest absolute Gasteiger partial charge is 0.313 e. The third kappa shape index (κ3) is 4.34. The summed E-state index contributed by atoms with van der Waals surface area (Å²) in [6, 6.07) is 0. The van der Waals surface area contributed by atoms with Gasteiger partial charge in [0.05, 0.1) is 12.4 Å². The van der Waals surface area contributed by atoms with Gasteiger partial charge in [-0.05, 0) is 25.7 Å². The van der Waals surface area contributed by atoms with Crippen LogP contribution in [0.5, 0.6) is 0 Å². The third-order valence-corrected chi connectivity index (χ3v) is 4.42. The van der Waals surface area contributed by atoms with Gasteiger partial charge in [-0.25, -0.2) is 0 Å². The van der Waals surface area contributed by atoms with Crippen molar-refractivity contribution < 1.29 is 14.6 Å². The molecule has 8 heteroatoms. The summed E-state index contributed by atoms with van der Waals surface area (Å²) in [6.07, 6.45) is 2.28. The highest BCUT2D eigenvalue weighted by molar-refractivity contribution is 7.99. The highest BCUT2D eigenvalue weighted by atomic mass is 32.2. The zero-order chi connectivity index (χ0) is 15.2. The SMILES string of the molecule is CCn1c(SCC(=O)O)nnc1N(C)CC1CCCOC1. The van der Waals surface area contributed by atoms with Gasteiger partial charge in [0.2, 0.25) is 5.95 Å². The van der Waals surface area contributed by atoms with Gasteiger partial charge in [0.25, 0.3) is 0 Å². The van der Waals surface area contributed by atoms with Crippen LogP contribution in [0.15, 0.2) is 5.16 Å². The first-order chi connectivity index (χ1) is 10.1. The fourth-order valence-electron chi connectivity index (χ4n) is 2.49. The van der Waals surface area contributed by atoms with E-state index in [2.05, 4.69) is 15.1 Å². The van der Waals surface area contributed by atoms with Gasteiger partial charge in [0.1, 0.15) is 0 Å². The van der Waals surface area contributed by atoms with E-state index in [0.717, 1.165) is 38.7 Å². The number of carboxylic acids is 1. The average molecular weight is 314 g/mol. The van der Waals surface area contributed by atoms with Crippen molar-refractivity contribution >= 4 is 23.7 Å². The van der Waals surface area contributed by atoms with Crippen LogP contribution in [0.1, 0.15) is 19.8 Å². The molecule has 0 spiro atoms. The Labute approximate surface area is 128 Å². The predicted octanol–water partition coefficient (Wildman–Crippen LogP) is 1.34. The lowest BCUT2D eigenvalue weighted by atomic mass is 10.0. The van der Waals surface area contributed by atoms with Crippen molar-refractivity contribution in [2.75, 3.05) is 37.5 Å². The number of aromatic nitrogens is 3. The van der Waals surface area contributed by atoms with Crippen LogP contribution in [0.3, 0.4) is 0 Å². The van der Waals surface area contributed by atoms with Crippen LogP contribution in [0.2, 0.25) is 0 Å². The Balaban J connectivity index is 2.02. The van der Waals surface area contributed by atoms with Gasteiger partial charge in [-0.1, -0.05) is 11.8 Å². The zero-order valence-corrected chi connectivity index (χ0v) is 13.3. The van der Waals surface area contributed by atoms with Crippen molar-refractivity contribution in [1.82, 2.24) is 14.8 Å². The second-order valence-electron chi connectivity index (χ2n) is 5.17. The topological polar surface area (TPSA) is 80.5 Å². The molecule has 2 rings (SSSR count). The molecular formula is C13H22N4O3S.